The summed E-state index contributed by atoms with van der Waals surface area (Å²) in [5.74, 6) is 0.155. The van der Waals surface area contributed by atoms with Gasteiger partial charge in [-0.25, -0.2) is 4.98 Å². The van der Waals surface area contributed by atoms with E-state index in [2.05, 4.69) is 82.7 Å². The largest absolute Gasteiger partial charge is 0.348 e. The molecule has 5 aromatic rings. The Kier molecular flexibility index (Phi) is 9.79. The van der Waals surface area contributed by atoms with Gasteiger partial charge in [0.1, 0.15) is 6.10 Å². The molecule has 4 aromatic carbocycles. The number of imidazole rings is 1. The van der Waals surface area contributed by atoms with Gasteiger partial charge in [-0.15, -0.1) is 0 Å². The summed E-state index contributed by atoms with van der Waals surface area (Å²) in [7, 11) is 0. The molecule has 0 spiro atoms. The fourth-order valence-electron chi connectivity index (χ4n) is 5.66. The van der Waals surface area contributed by atoms with Crippen molar-refractivity contribution in [2.24, 2.45) is 0 Å². The van der Waals surface area contributed by atoms with E-state index in [0.29, 0.717) is 13.0 Å². The van der Waals surface area contributed by atoms with Crippen LogP contribution in [0.1, 0.15) is 44.8 Å². The van der Waals surface area contributed by atoms with Crippen LogP contribution >= 0.6 is 11.8 Å². The van der Waals surface area contributed by atoms with Crippen LogP contribution in [0.5, 0.6) is 0 Å². The summed E-state index contributed by atoms with van der Waals surface area (Å²) in [6, 6.07) is 41.0. The van der Waals surface area contributed by atoms with E-state index in [1.165, 1.54) is 0 Å². The predicted octanol–water partition coefficient (Wildman–Crippen LogP) is 8.48. The topological polar surface area (TPSA) is 65.4 Å². The number of carbonyl (C=O) groups excluding carboxylic acids is 1. The summed E-state index contributed by atoms with van der Waals surface area (Å²) in [6.07, 6.45) is 1.84. The number of aromatic nitrogens is 2. The van der Waals surface area contributed by atoms with Gasteiger partial charge in [0, 0.05) is 29.0 Å². The van der Waals surface area contributed by atoms with E-state index in [4.69, 9.17) is 14.5 Å². The highest BCUT2D eigenvalue weighted by atomic mass is 32.2. The van der Waals surface area contributed by atoms with Crippen molar-refractivity contribution in [3.8, 4) is 28.2 Å². The molecule has 1 amide bonds. The van der Waals surface area contributed by atoms with Gasteiger partial charge < -0.3 is 14.8 Å². The zero-order valence-corrected chi connectivity index (χ0v) is 26.6. The first kappa shape index (κ1) is 30.8. The van der Waals surface area contributed by atoms with Crippen LogP contribution in [0, 0.1) is 0 Å². The second kappa shape index (κ2) is 14.3. The molecule has 230 valence electrons. The van der Waals surface area contributed by atoms with E-state index in [9.17, 15) is 4.79 Å². The summed E-state index contributed by atoms with van der Waals surface area (Å²) >= 11 is 1.73. The maximum atomic E-state index is 13.0. The number of amides is 1. The molecule has 1 aliphatic rings. The second-order valence-electron chi connectivity index (χ2n) is 11.6. The molecule has 1 N–H and O–H groups in total. The number of nitrogens with one attached hydrogen (secondary N) is 1. The Labute approximate surface area is 269 Å². The molecule has 0 bridgehead atoms. The first-order valence-electron chi connectivity index (χ1n) is 15.6. The molecule has 2 unspecified atom stereocenters. The van der Waals surface area contributed by atoms with Gasteiger partial charge in [0.15, 0.2) is 10.9 Å². The minimum Gasteiger partial charge on any atom is -0.348 e. The number of hydrogen-bond donors (Lipinski definition) is 1. The molecule has 1 aromatic heterocycles. The fourth-order valence-corrected chi connectivity index (χ4v) is 6.68. The number of nitrogens with zero attached hydrogens (tertiary/aromatic N) is 2. The van der Waals surface area contributed by atoms with Crippen molar-refractivity contribution in [3.05, 3.63) is 127 Å². The van der Waals surface area contributed by atoms with Crippen molar-refractivity contribution in [2.45, 2.75) is 56.2 Å². The van der Waals surface area contributed by atoms with Gasteiger partial charge in [-0.2, -0.15) is 0 Å². The third-order valence-electron chi connectivity index (χ3n) is 7.85. The maximum absolute atomic E-state index is 13.0. The second-order valence-corrected chi connectivity index (χ2v) is 12.7. The quantitative estimate of drug-likeness (QED) is 0.119. The molecular weight excluding hydrogens is 579 g/mol. The molecule has 1 fully saturated rings. The van der Waals surface area contributed by atoms with Crippen LogP contribution in [-0.2, 0) is 14.3 Å². The van der Waals surface area contributed by atoms with Crippen LogP contribution in [0.4, 0.5) is 0 Å². The zero-order valence-electron chi connectivity index (χ0n) is 25.8. The van der Waals surface area contributed by atoms with E-state index in [-0.39, 0.29) is 18.1 Å². The SMILES string of the molecule is CC1(C)OCC(NC(=O)CCCCSc2nc(-c3ccccc3)c(-c3ccccc3)n2-c2ccccc2)C(c2ccccc2)O1. The van der Waals surface area contributed by atoms with Gasteiger partial charge in [-0.3, -0.25) is 9.36 Å². The van der Waals surface area contributed by atoms with E-state index < -0.39 is 5.79 Å². The molecule has 2 atom stereocenters. The van der Waals surface area contributed by atoms with E-state index >= 15 is 0 Å². The lowest BCUT2D eigenvalue weighted by molar-refractivity contribution is -0.284. The average Bonchev–Trinajstić information content (AvgIpc) is 3.46. The Morgan fingerprint density at radius 2 is 1.44 bits per heavy atom. The van der Waals surface area contributed by atoms with Crippen LogP contribution in [-0.4, -0.2) is 39.6 Å². The first-order valence-corrected chi connectivity index (χ1v) is 16.5. The Hall–Kier alpha value is -4.17. The molecule has 7 heteroatoms. The Morgan fingerprint density at radius 3 is 2.11 bits per heavy atom. The molecule has 2 heterocycles. The van der Waals surface area contributed by atoms with Crippen molar-refractivity contribution in [3.63, 3.8) is 0 Å². The number of benzene rings is 4. The molecule has 0 radical (unpaired) electrons. The minimum atomic E-state index is -0.703. The number of unbranched alkanes of at least 4 members (excludes halogenated alkanes) is 1. The first-order chi connectivity index (χ1) is 22.0. The molecule has 1 saturated heterocycles. The lowest BCUT2D eigenvalue weighted by atomic mass is 10.0. The van der Waals surface area contributed by atoms with Crippen molar-refractivity contribution < 1.29 is 14.3 Å². The fraction of sp³-hybridized carbons (Fsp3) is 0.263. The lowest BCUT2D eigenvalue weighted by Gasteiger charge is -2.41. The number of ether oxygens (including phenoxy) is 2. The number of hydrogen-bond acceptors (Lipinski definition) is 5. The van der Waals surface area contributed by atoms with Crippen molar-refractivity contribution in [1.82, 2.24) is 14.9 Å². The van der Waals surface area contributed by atoms with Crippen LogP contribution in [0.15, 0.2) is 126 Å². The zero-order chi connectivity index (χ0) is 31.1. The number of para-hydroxylation sites is 1. The molecule has 0 saturated carbocycles. The van der Waals surface area contributed by atoms with E-state index in [0.717, 1.165) is 57.5 Å². The van der Waals surface area contributed by atoms with Crippen LogP contribution in [0.25, 0.3) is 28.2 Å². The molecular formula is C38H39N3O3S. The number of thioether (sulfide) groups is 1. The highest BCUT2D eigenvalue weighted by molar-refractivity contribution is 7.99. The lowest BCUT2D eigenvalue weighted by Crippen LogP contribution is -2.51. The smallest absolute Gasteiger partial charge is 0.220 e. The van der Waals surface area contributed by atoms with Crippen LogP contribution in [0.2, 0.25) is 0 Å². The van der Waals surface area contributed by atoms with Crippen molar-refractivity contribution in [2.75, 3.05) is 12.4 Å². The Balaban J connectivity index is 1.14. The van der Waals surface area contributed by atoms with Crippen molar-refractivity contribution in [1.29, 1.82) is 0 Å². The van der Waals surface area contributed by atoms with Gasteiger partial charge in [0.05, 0.1) is 24.0 Å². The summed E-state index contributed by atoms with van der Waals surface area (Å²) in [4.78, 5) is 18.2. The Bertz CT molecular complexity index is 1680. The third kappa shape index (κ3) is 7.56. The molecule has 45 heavy (non-hydrogen) atoms. The number of rotatable bonds is 11. The van der Waals surface area contributed by atoms with Crippen LogP contribution in [0.3, 0.4) is 0 Å². The van der Waals surface area contributed by atoms with Crippen LogP contribution < -0.4 is 5.32 Å². The third-order valence-corrected chi connectivity index (χ3v) is 8.87. The van der Waals surface area contributed by atoms with Gasteiger partial charge in [-0.1, -0.05) is 121 Å². The van der Waals surface area contributed by atoms with E-state index in [1.807, 2.05) is 62.4 Å². The van der Waals surface area contributed by atoms with Gasteiger partial charge >= 0.3 is 0 Å². The van der Waals surface area contributed by atoms with Crippen molar-refractivity contribution >= 4 is 17.7 Å². The monoisotopic (exact) mass is 617 g/mol. The summed E-state index contributed by atoms with van der Waals surface area (Å²) in [6.45, 7) is 4.23. The maximum Gasteiger partial charge on any atom is 0.220 e. The summed E-state index contributed by atoms with van der Waals surface area (Å²) in [5.41, 5.74) is 6.33. The highest BCUT2D eigenvalue weighted by Crippen LogP contribution is 2.38. The summed E-state index contributed by atoms with van der Waals surface area (Å²) in [5, 5.41) is 4.12. The predicted molar refractivity (Wildman–Crippen MR) is 181 cm³/mol. The summed E-state index contributed by atoms with van der Waals surface area (Å²) < 4.78 is 14.4. The van der Waals surface area contributed by atoms with Gasteiger partial charge in [0.25, 0.3) is 0 Å². The minimum absolute atomic E-state index is 0.0151. The van der Waals surface area contributed by atoms with E-state index in [1.54, 1.807) is 11.8 Å². The highest BCUT2D eigenvalue weighted by Gasteiger charge is 2.38. The van der Waals surface area contributed by atoms with Gasteiger partial charge in [-0.05, 0) is 44.4 Å². The molecule has 6 rings (SSSR count). The molecule has 0 aliphatic carbocycles. The standard InChI is InChI=1S/C38H39N3O3S/c1-38(2)43-27-32(36(44-38)30-21-11-5-12-22-30)39-33(42)25-15-16-26-45-37-40-34(28-17-7-3-8-18-28)35(29-19-9-4-10-20-29)41(37)31-23-13-6-14-24-31/h3-14,17-24,32,36H,15-16,25-27H2,1-2H3,(H,39,42). The Morgan fingerprint density at radius 1 is 0.844 bits per heavy atom. The molecule has 1 aliphatic heterocycles. The van der Waals surface area contributed by atoms with Gasteiger partial charge in [0.2, 0.25) is 5.91 Å². The normalized spacial score (nSPS) is 17.6. The number of carbonyl (C=O) groups is 1. The average molecular weight is 618 g/mol. The molecule has 6 nitrogen and oxygen atoms in total.